The van der Waals surface area contributed by atoms with E-state index in [-0.39, 0.29) is 12.0 Å². The van der Waals surface area contributed by atoms with Gasteiger partial charge in [-0.05, 0) is 50.8 Å². The molecule has 1 saturated heterocycles. The molecule has 0 bridgehead atoms. The van der Waals surface area contributed by atoms with Crippen LogP contribution in [0.15, 0.2) is 18.2 Å². The van der Waals surface area contributed by atoms with Crippen LogP contribution in [0.4, 0.5) is 5.95 Å². The topological polar surface area (TPSA) is 66.6 Å². The molecule has 1 aromatic carbocycles. The van der Waals surface area contributed by atoms with Crippen molar-refractivity contribution in [3.05, 3.63) is 29.0 Å². The van der Waals surface area contributed by atoms with Gasteiger partial charge in [-0.25, -0.2) is 9.38 Å². The van der Waals surface area contributed by atoms with Crippen molar-refractivity contribution in [2.75, 3.05) is 24.5 Å². The Balaban J connectivity index is 1.41. The molecule has 0 unspecified atom stereocenters. The largest absolute Gasteiger partial charge is 0.338 e. The standard InChI is InChI=1S/C25H31ClN6O/c1-16-15-30(12-13-31(16)24(33)18-8-5-9-18)25-27-21-14-19(26)10-11-20(21)23-29-28-22(32(23)25)17-6-3-2-4-7-17/h10-11,14,16-18H,2-9,12-13,15H2,1H3/t16-/m1/s1. The van der Waals surface area contributed by atoms with Crippen molar-refractivity contribution in [2.45, 2.75) is 70.3 Å². The second-order valence-corrected chi connectivity index (χ2v) is 10.5. The summed E-state index contributed by atoms with van der Waals surface area (Å²) in [6.07, 6.45) is 9.36. The fourth-order valence-corrected chi connectivity index (χ4v) is 5.97. The lowest BCUT2D eigenvalue weighted by molar-refractivity contribution is -0.140. The minimum Gasteiger partial charge on any atom is -0.338 e. The van der Waals surface area contributed by atoms with Gasteiger partial charge in [-0.2, -0.15) is 0 Å². The quantitative estimate of drug-likeness (QED) is 0.553. The zero-order valence-corrected chi connectivity index (χ0v) is 20.0. The maximum Gasteiger partial charge on any atom is 0.226 e. The number of halogens is 1. The van der Waals surface area contributed by atoms with Crippen molar-refractivity contribution in [1.29, 1.82) is 0 Å². The average Bonchev–Trinajstić information content (AvgIpc) is 3.23. The Morgan fingerprint density at radius 2 is 1.85 bits per heavy atom. The molecule has 2 aromatic heterocycles. The summed E-state index contributed by atoms with van der Waals surface area (Å²) in [5.41, 5.74) is 1.70. The Labute approximate surface area is 199 Å². The minimum atomic E-state index is 0.147. The Morgan fingerprint density at radius 3 is 2.58 bits per heavy atom. The van der Waals surface area contributed by atoms with Crippen LogP contribution < -0.4 is 4.90 Å². The van der Waals surface area contributed by atoms with Crippen LogP contribution in [0.25, 0.3) is 16.6 Å². The number of nitrogens with zero attached hydrogens (tertiary/aromatic N) is 6. The average molecular weight is 467 g/mol. The van der Waals surface area contributed by atoms with Crippen LogP contribution in [-0.4, -0.2) is 56.1 Å². The van der Waals surface area contributed by atoms with Gasteiger partial charge in [-0.1, -0.05) is 37.3 Å². The third-order valence-electron chi connectivity index (χ3n) is 7.93. The van der Waals surface area contributed by atoms with Gasteiger partial charge >= 0.3 is 0 Å². The molecule has 3 fully saturated rings. The highest BCUT2D eigenvalue weighted by Crippen LogP contribution is 2.36. The minimum absolute atomic E-state index is 0.147. The van der Waals surface area contributed by atoms with E-state index in [2.05, 4.69) is 26.2 Å². The molecule has 1 atom stereocenters. The highest BCUT2D eigenvalue weighted by molar-refractivity contribution is 6.31. The summed E-state index contributed by atoms with van der Waals surface area (Å²) in [6, 6.07) is 5.96. The van der Waals surface area contributed by atoms with Crippen molar-refractivity contribution in [3.63, 3.8) is 0 Å². The Hall–Kier alpha value is -2.41. The van der Waals surface area contributed by atoms with Gasteiger partial charge in [-0.15, -0.1) is 10.2 Å². The molecule has 3 aliphatic rings. The first-order chi connectivity index (χ1) is 16.1. The number of hydrogen-bond donors (Lipinski definition) is 0. The molecule has 7 nitrogen and oxygen atoms in total. The molecule has 1 aliphatic heterocycles. The number of carbonyl (C=O) groups is 1. The zero-order valence-electron chi connectivity index (χ0n) is 19.2. The summed E-state index contributed by atoms with van der Waals surface area (Å²) >= 11 is 6.32. The summed E-state index contributed by atoms with van der Waals surface area (Å²) in [5.74, 6) is 2.90. The van der Waals surface area contributed by atoms with E-state index in [1.54, 1.807) is 0 Å². The number of carbonyl (C=O) groups excluding carboxylic acids is 1. The fourth-order valence-electron chi connectivity index (χ4n) is 5.81. The monoisotopic (exact) mass is 466 g/mol. The molecule has 33 heavy (non-hydrogen) atoms. The summed E-state index contributed by atoms with van der Waals surface area (Å²) in [5, 5.41) is 11.0. The van der Waals surface area contributed by atoms with E-state index >= 15 is 0 Å². The SMILES string of the molecule is C[C@@H]1CN(c2nc3cc(Cl)ccc3c3nnc(C4CCCCC4)n23)CCN1C(=O)C1CCC1. The number of hydrogen-bond acceptors (Lipinski definition) is 5. The second-order valence-electron chi connectivity index (χ2n) is 10.1. The van der Waals surface area contributed by atoms with E-state index in [0.717, 1.165) is 73.6 Å². The van der Waals surface area contributed by atoms with Crippen molar-refractivity contribution in [1.82, 2.24) is 24.5 Å². The maximum absolute atomic E-state index is 12.9. The van der Waals surface area contributed by atoms with Crippen LogP contribution in [0, 0.1) is 5.92 Å². The lowest BCUT2D eigenvalue weighted by Crippen LogP contribution is -2.56. The van der Waals surface area contributed by atoms with Gasteiger partial charge in [-0.3, -0.25) is 4.79 Å². The fraction of sp³-hybridized carbons (Fsp3) is 0.600. The molecule has 3 aromatic rings. The van der Waals surface area contributed by atoms with Gasteiger partial charge in [0.2, 0.25) is 11.9 Å². The number of aromatic nitrogens is 4. The third kappa shape index (κ3) is 3.65. The molecule has 3 heterocycles. The zero-order chi connectivity index (χ0) is 22.5. The Bertz CT molecular complexity index is 1200. The number of amides is 1. The summed E-state index contributed by atoms with van der Waals surface area (Å²) < 4.78 is 2.20. The lowest BCUT2D eigenvalue weighted by Gasteiger charge is -2.43. The molecular weight excluding hydrogens is 436 g/mol. The van der Waals surface area contributed by atoms with Gasteiger partial charge in [0.15, 0.2) is 5.65 Å². The molecule has 6 rings (SSSR count). The molecule has 0 spiro atoms. The molecule has 1 amide bonds. The predicted molar refractivity (Wildman–Crippen MR) is 130 cm³/mol. The number of anilines is 1. The van der Waals surface area contributed by atoms with Crippen LogP contribution in [0.1, 0.15) is 70.0 Å². The first kappa shape index (κ1) is 21.1. The normalized spacial score (nSPS) is 22.8. The van der Waals surface area contributed by atoms with E-state index in [9.17, 15) is 4.79 Å². The Morgan fingerprint density at radius 1 is 1.03 bits per heavy atom. The number of piperazine rings is 1. The number of fused-ring (bicyclic) bond motifs is 3. The van der Waals surface area contributed by atoms with Gasteiger partial charge < -0.3 is 9.80 Å². The van der Waals surface area contributed by atoms with Gasteiger partial charge in [0.1, 0.15) is 5.82 Å². The number of rotatable bonds is 3. The van der Waals surface area contributed by atoms with E-state index in [1.165, 1.54) is 25.7 Å². The smallest absolute Gasteiger partial charge is 0.226 e. The first-order valence-electron chi connectivity index (χ1n) is 12.5. The van der Waals surface area contributed by atoms with Gasteiger partial charge in [0, 0.05) is 47.9 Å². The summed E-state index contributed by atoms with van der Waals surface area (Å²) in [6.45, 7) is 4.41. The van der Waals surface area contributed by atoms with Crippen LogP contribution in [0.3, 0.4) is 0 Å². The highest BCUT2D eigenvalue weighted by Gasteiger charge is 2.36. The van der Waals surface area contributed by atoms with E-state index in [1.807, 2.05) is 18.2 Å². The van der Waals surface area contributed by atoms with Crippen LogP contribution in [-0.2, 0) is 4.79 Å². The van der Waals surface area contributed by atoms with E-state index < -0.39 is 0 Å². The molecule has 174 valence electrons. The van der Waals surface area contributed by atoms with Crippen molar-refractivity contribution < 1.29 is 4.79 Å². The molecule has 2 aliphatic carbocycles. The third-order valence-corrected chi connectivity index (χ3v) is 8.16. The van der Waals surface area contributed by atoms with Crippen LogP contribution in [0.2, 0.25) is 5.02 Å². The van der Waals surface area contributed by atoms with Crippen molar-refractivity contribution in [2.24, 2.45) is 5.92 Å². The Kier molecular flexibility index (Phi) is 5.40. The predicted octanol–water partition coefficient (Wildman–Crippen LogP) is 4.82. The van der Waals surface area contributed by atoms with E-state index in [0.29, 0.717) is 16.8 Å². The maximum atomic E-state index is 12.9. The lowest BCUT2D eigenvalue weighted by atomic mass is 9.84. The van der Waals surface area contributed by atoms with E-state index in [4.69, 9.17) is 21.7 Å². The molecule has 0 N–H and O–H groups in total. The first-order valence-corrected chi connectivity index (χ1v) is 12.9. The molecule has 8 heteroatoms. The second kappa shape index (κ2) is 8.42. The van der Waals surface area contributed by atoms with Gasteiger partial charge in [0.25, 0.3) is 0 Å². The van der Waals surface area contributed by atoms with Gasteiger partial charge in [0.05, 0.1) is 5.52 Å². The molecule has 2 saturated carbocycles. The van der Waals surface area contributed by atoms with Crippen molar-refractivity contribution in [3.8, 4) is 0 Å². The van der Waals surface area contributed by atoms with Crippen LogP contribution >= 0.6 is 11.6 Å². The number of benzene rings is 1. The highest BCUT2D eigenvalue weighted by atomic mass is 35.5. The molecular formula is C25H31ClN6O. The summed E-state index contributed by atoms with van der Waals surface area (Å²) in [4.78, 5) is 22.4. The summed E-state index contributed by atoms with van der Waals surface area (Å²) in [7, 11) is 0. The van der Waals surface area contributed by atoms with Crippen molar-refractivity contribution >= 4 is 40.0 Å². The molecule has 0 radical (unpaired) electrons. The van der Waals surface area contributed by atoms with Crippen LogP contribution in [0.5, 0.6) is 0 Å².